The van der Waals surface area contributed by atoms with E-state index in [0.717, 1.165) is 18.1 Å². The van der Waals surface area contributed by atoms with E-state index in [1.54, 1.807) is 36.0 Å². The fourth-order valence-electron chi connectivity index (χ4n) is 2.67. The van der Waals surface area contributed by atoms with Gasteiger partial charge in [0.2, 0.25) is 10.0 Å². The smallest absolute Gasteiger partial charge is 0.242 e. The van der Waals surface area contributed by atoms with Crippen LogP contribution in [0.2, 0.25) is 0 Å². The van der Waals surface area contributed by atoms with Gasteiger partial charge in [0.15, 0.2) is 5.96 Å². The summed E-state index contributed by atoms with van der Waals surface area (Å²) in [6.45, 7) is 6.02. The van der Waals surface area contributed by atoms with Crippen molar-refractivity contribution < 1.29 is 8.42 Å². The monoisotopic (exact) mass is 562 g/mol. The third-order valence-corrected chi connectivity index (χ3v) is 7.00. The van der Waals surface area contributed by atoms with Crippen LogP contribution >= 0.6 is 35.7 Å². The molecule has 0 unspecified atom stereocenters. The van der Waals surface area contributed by atoms with Gasteiger partial charge >= 0.3 is 0 Å². The van der Waals surface area contributed by atoms with Crippen LogP contribution in [0.25, 0.3) is 0 Å². The lowest BCUT2D eigenvalue weighted by atomic mass is 10.1. The minimum Gasteiger partial charge on any atom is -0.357 e. The van der Waals surface area contributed by atoms with Crippen molar-refractivity contribution in [2.75, 3.05) is 26.9 Å². The molecule has 2 aromatic rings. The van der Waals surface area contributed by atoms with E-state index < -0.39 is 10.0 Å². The molecule has 30 heavy (non-hydrogen) atoms. The molecule has 2 N–H and O–H groups in total. The molecule has 0 spiro atoms. The van der Waals surface area contributed by atoms with E-state index in [2.05, 4.69) is 47.0 Å². The van der Waals surface area contributed by atoms with Crippen LogP contribution < -0.4 is 10.6 Å². The van der Waals surface area contributed by atoms with Gasteiger partial charge in [-0.1, -0.05) is 24.3 Å². The number of rotatable bonds is 8. The Morgan fingerprint density at radius 2 is 1.77 bits per heavy atom. The maximum absolute atomic E-state index is 12.2. The average molecular weight is 563 g/mol. The molecular weight excluding hydrogens is 531 g/mol. The van der Waals surface area contributed by atoms with E-state index in [1.807, 2.05) is 6.92 Å². The third kappa shape index (κ3) is 7.44. The van der Waals surface area contributed by atoms with E-state index in [0.29, 0.717) is 13.1 Å². The van der Waals surface area contributed by atoms with E-state index in [9.17, 15) is 8.42 Å². The highest BCUT2D eigenvalue weighted by Crippen LogP contribution is 2.21. The number of sulfonamides is 1. The number of guanidine groups is 1. The van der Waals surface area contributed by atoms with Gasteiger partial charge in [0.1, 0.15) is 0 Å². The summed E-state index contributed by atoms with van der Waals surface area (Å²) < 4.78 is 25.5. The summed E-state index contributed by atoms with van der Waals surface area (Å²) in [5.74, 6) is 0.727. The van der Waals surface area contributed by atoms with E-state index >= 15 is 0 Å². The van der Waals surface area contributed by atoms with Crippen LogP contribution in [-0.2, 0) is 23.1 Å². The Morgan fingerprint density at radius 1 is 1.10 bits per heavy atom. The second-order valence-corrected chi connectivity index (χ2v) is 9.80. The number of nitrogens with one attached hydrogen (secondary N) is 2. The van der Waals surface area contributed by atoms with Crippen molar-refractivity contribution in [1.82, 2.24) is 14.9 Å². The molecule has 2 aromatic carbocycles. The van der Waals surface area contributed by atoms with Gasteiger partial charge in [-0.15, -0.1) is 35.7 Å². The lowest BCUT2D eigenvalue weighted by molar-refractivity contribution is 0.520. The third-order valence-electron chi connectivity index (χ3n) is 4.35. The van der Waals surface area contributed by atoms with Crippen LogP contribution in [0, 0.1) is 6.92 Å². The van der Waals surface area contributed by atoms with E-state index in [4.69, 9.17) is 0 Å². The largest absolute Gasteiger partial charge is 0.357 e. The van der Waals surface area contributed by atoms with Gasteiger partial charge in [0, 0.05) is 32.1 Å². The second kappa shape index (κ2) is 12.5. The second-order valence-electron chi connectivity index (χ2n) is 6.80. The summed E-state index contributed by atoms with van der Waals surface area (Å²) in [5, 5.41) is 6.63. The van der Waals surface area contributed by atoms with Crippen LogP contribution in [-0.4, -0.2) is 45.6 Å². The molecule has 0 heterocycles. The predicted molar refractivity (Wildman–Crippen MR) is 137 cm³/mol. The Balaban J connectivity index is 0.00000450. The number of halogens is 1. The number of hydrogen-bond acceptors (Lipinski definition) is 4. The summed E-state index contributed by atoms with van der Waals surface area (Å²) in [6, 6.07) is 13.3. The molecule has 0 fully saturated rings. The molecule has 9 heteroatoms. The summed E-state index contributed by atoms with van der Waals surface area (Å²) in [6.07, 6.45) is 2.08. The quantitative estimate of drug-likeness (QED) is 0.222. The first kappa shape index (κ1) is 26.7. The molecule has 166 valence electrons. The van der Waals surface area contributed by atoms with Crippen LogP contribution in [0.5, 0.6) is 0 Å². The maximum Gasteiger partial charge on any atom is 0.242 e. The molecule has 0 atom stereocenters. The van der Waals surface area contributed by atoms with Crippen LogP contribution in [0.1, 0.15) is 23.6 Å². The van der Waals surface area contributed by atoms with Crippen molar-refractivity contribution in [3.05, 3.63) is 59.2 Å². The van der Waals surface area contributed by atoms with Gasteiger partial charge in [0.25, 0.3) is 0 Å². The van der Waals surface area contributed by atoms with Gasteiger partial charge in [-0.05, 0) is 55.0 Å². The topological polar surface area (TPSA) is 73.8 Å². The number of aliphatic imine (C=N–C) groups is 1. The minimum absolute atomic E-state index is 0. The molecule has 0 aliphatic rings. The Kier molecular flexibility index (Phi) is 11.2. The van der Waals surface area contributed by atoms with Crippen molar-refractivity contribution in [1.29, 1.82) is 0 Å². The number of benzene rings is 2. The average Bonchev–Trinajstić information content (AvgIpc) is 2.70. The number of thioether (sulfide) groups is 1. The highest BCUT2D eigenvalue weighted by molar-refractivity contribution is 14.0. The van der Waals surface area contributed by atoms with Gasteiger partial charge < -0.3 is 10.6 Å². The van der Waals surface area contributed by atoms with Crippen molar-refractivity contribution in [3.63, 3.8) is 0 Å². The molecule has 0 saturated carbocycles. The molecular formula is C21H31IN4O2S2. The van der Waals surface area contributed by atoms with Crippen LogP contribution in [0.4, 0.5) is 0 Å². The number of aryl methyl sites for hydroxylation is 1. The molecule has 0 aliphatic heterocycles. The normalized spacial score (nSPS) is 11.9. The lowest BCUT2D eigenvalue weighted by Crippen LogP contribution is -2.36. The molecule has 0 aliphatic carbocycles. The van der Waals surface area contributed by atoms with Gasteiger partial charge in [-0.25, -0.2) is 17.7 Å². The Hall–Kier alpha value is -1.30. The first-order chi connectivity index (χ1) is 13.8. The number of nitrogens with zero attached hydrogens (tertiary/aromatic N) is 2. The van der Waals surface area contributed by atoms with Gasteiger partial charge in [-0.3, -0.25) is 0 Å². The van der Waals surface area contributed by atoms with E-state index in [1.165, 1.54) is 34.4 Å². The molecule has 0 amide bonds. The highest BCUT2D eigenvalue weighted by Gasteiger charge is 2.16. The summed E-state index contributed by atoms with van der Waals surface area (Å²) >= 11 is 1.74. The van der Waals surface area contributed by atoms with Crippen molar-refractivity contribution in [2.45, 2.75) is 36.7 Å². The standard InChI is InChI=1S/C21H30N4O2S2.HI/c1-6-22-21(24-15-18-10-7-16(2)13-20(18)28-5)23-14-17-8-11-19(12-9-17)29(26,27)25(3)4;/h7-13H,6,14-15H2,1-5H3,(H2,22,23,24);1H. The molecule has 0 saturated heterocycles. The molecule has 2 rings (SSSR count). The SMILES string of the molecule is CCNC(=NCc1ccc(S(=O)(=O)N(C)C)cc1)NCc1ccc(C)cc1SC.I. The zero-order chi connectivity index (χ0) is 21.4. The Morgan fingerprint density at radius 3 is 2.33 bits per heavy atom. The number of hydrogen-bond donors (Lipinski definition) is 2. The molecule has 0 radical (unpaired) electrons. The zero-order valence-electron chi connectivity index (χ0n) is 18.1. The van der Waals surface area contributed by atoms with Gasteiger partial charge in [0.05, 0.1) is 11.4 Å². The van der Waals surface area contributed by atoms with Crippen molar-refractivity contribution in [2.24, 2.45) is 4.99 Å². The summed E-state index contributed by atoms with van der Waals surface area (Å²) in [7, 11) is -0.359. The molecule has 0 aromatic heterocycles. The van der Waals surface area contributed by atoms with Gasteiger partial charge in [-0.2, -0.15) is 0 Å². The fraction of sp³-hybridized carbons (Fsp3) is 0.381. The zero-order valence-corrected chi connectivity index (χ0v) is 22.1. The van der Waals surface area contributed by atoms with Crippen molar-refractivity contribution >= 4 is 51.7 Å². The molecule has 6 nitrogen and oxygen atoms in total. The van der Waals surface area contributed by atoms with E-state index in [-0.39, 0.29) is 28.9 Å². The van der Waals surface area contributed by atoms with Crippen LogP contribution in [0.3, 0.4) is 0 Å². The minimum atomic E-state index is -3.41. The Labute approximate surface area is 202 Å². The highest BCUT2D eigenvalue weighted by atomic mass is 127. The lowest BCUT2D eigenvalue weighted by Gasteiger charge is -2.14. The predicted octanol–water partition coefficient (Wildman–Crippen LogP) is 3.84. The first-order valence-corrected chi connectivity index (χ1v) is 12.1. The van der Waals surface area contributed by atoms with Crippen LogP contribution in [0.15, 0.2) is 57.2 Å². The first-order valence-electron chi connectivity index (χ1n) is 9.45. The Bertz CT molecular complexity index is 946. The molecule has 0 bridgehead atoms. The summed E-state index contributed by atoms with van der Waals surface area (Å²) in [4.78, 5) is 6.16. The fourth-order valence-corrected chi connectivity index (χ4v) is 4.27. The maximum atomic E-state index is 12.2. The summed E-state index contributed by atoms with van der Waals surface area (Å²) in [5.41, 5.74) is 3.42. The van der Waals surface area contributed by atoms with Crippen molar-refractivity contribution in [3.8, 4) is 0 Å².